The van der Waals surface area contributed by atoms with E-state index in [1.54, 1.807) is 0 Å². The maximum Gasteiger partial charge on any atom is 0.149 e. The maximum atomic E-state index is 10.5. The highest BCUT2D eigenvalue weighted by molar-refractivity contribution is 6.04. The van der Waals surface area contributed by atoms with Crippen molar-refractivity contribution in [3.8, 4) is 0 Å². The number of rotatable bonds is 5. The van der Waals surface area contributed by atoms with Crippen molar-refractivity contribution >= 4 is 28.1 Å². The van der Waals surface area contributed by atoms with Crippen LogP contribution in [0.5, 0.6) is 0 Å². The molecule has 0 saturated heterocycles. The summed E-state index contributed by atoms with van der Waals surface area (Å²) in [5.74, 6) is 0.561. The van der Waals surface area contributed by atoms with E-state index in [2.05, 4.69) is 34.8 Å². The minimum absolute atomic E-state index is 0.196. The van der Waals surface area contributed by atoms with Crippen molar-refractivity contribution in [2.45, 2.75) is 51.8 Å². The fourth-order valence-corrected chi connectivity index (χ4v) is 3.69. The van der Waals surface area contributed by atoms with Gasteiger partial charge in [0.1, 0.15) is 17.7 Å². The van der Waals surface area contributed by atoms with Crippen molar-refractivity contribution in [2.24, 2.45) is 0 Å². The van der Waals surface area contributed by atoms with Gasteiger partial charge in [-0.05, 0) is 32.8 Å². The number of para-hydroxylation sites is 1. The molecule has 2 heterocycles. The predicted octanol–water partition coefficient (Wildman–Crippen LogP) is 3.36. The Hall–Kier alpha value is -2.01. The van der Waals surface area contributed by atoms with Crippen LogP contribution in [0.1, 0.15) is 40.0 Å². The largest absolute Gasteiger partial charge is 0.389 e. The number of benzene rings is 1. The summed E-state index contributed by atoms with van der Waals surface area (Å²) in [5, 5.41) is 11.6. The Kier molecular flexibility index (Phi) is 4.30. The molecule has 1 aromatic heterocycles. The van der Waals surface area contributed by atoms with Crippen LogP contribution in [0, 0.1) is 0 Å². The number of nitrogens with zero attached hydrogens (tertiary/aromatic N) is 3. The number of aromatic nitrogens is 1. The van der Waals surface area contributed by atoms with Gasteiger partial charge in [0.25, 0.3) is 0 Å². The lowest BCUT2D eigenvalue weighted by Gasteiger charge is -2.35. The zero-order valence-corrected chi connectivity index (χ0v) is 15.1. The predicted molar refractivity (Wildman–Crippen MR) is 102 cm³/mol. The molecule has 0 saturated carbocycles. The third kappa shape index (κ3) is 2.88. The second kappa shape index (κ2) is 6.13. The highest BCUT2D eigenvalue weighted by Crippen LogP contribution is 2.47. The molecular weight excluding hydrogens is 300 g/mol. The van der Waals surface area contributed by atoms with E-state index in [0.717, 1.165) is 41.5 Å². The molecule has 5 heteroatoms. The Morgan fingerprint density at radius 3 is 2.62 bits per heavy atom. The number of unbranched alkanes of at least 4 members (excludes halogenated alkanes) is 1. The zero-order valence-electron chi connectivity index (χ0n) is 15.1. The summed E-state index contributed by atoms with van der Waals surface area (Å²) < 4.78 is 0. The molecule has 0 aliphatic carbocycles. The van der Waals surface area contributed by atoms with Gasteiger partial charge in [0, 0.05) is 19.0 Å². The molecule has 0 bridgehead atoms. The van der Waals surface area contributed by atoms with Crippen molar-refractivity contribution in [3.05, 3.63) is 24.3 Å². The average molecular weight is 328 g/mol. The fraction of sp³-hybridized carbons (Fsp3) is 0.526. The van der Waals surface area contributed by atoms with Crippen molar-refractivity contribution in [3.63, 3.8) is 0 Å². The fourth-order valence-electron chi connectivity index (χ4n) is 3.69. The minimum Gasteiger partial charge on any atom is -0.389 e. The monoisotopic (exact) mass is 328 g/mol. The van der Waals surface area contributed by atoms with Crippen LogP contribution < -0.4 is 15.5 Å². The first-order chi connectivity index (χ1) is 11.3. The summed E-state index contributed by atoms with van der Waals surface area (Å²) in [5.41, 5.74) is 8.51. The van der Waals surface area contributed by atoms with Gasteiger partial charge < -0.3 is 20.6 Å². The molecule has 5 nitrogen and oxygen atoms in total. The number of nitrogens with two attached hydrogens (primary N) is 1. The molecule has 2 aromatic rings. The molecule has 24 heavy (non-hydrogen) atoms. The number of anilines is 3. The van der Waals surface area contributed by atoms with E-state index in [9.17, 15) is 5.11 Å². The van der Waals surface area contributed by atoms with Gasteiger partial charge in [0.2, 0.25) is 0 Å². The maximum absolute atomic E-state index is 10.5. The number of hydrogen-bond acceptors (Lipinski definition) is 5. The lowest BCUT2D eigenvalue weighted by molar-refractivity contribution is 0.0855. The lowest BCUT2D eigenvalue weighted by Crippen LogP contribution is -2.47. The smallest absolute Gasteiger partial charge is 0.149 e. The molecule has 1 aliphatic heterocycles. The molecule has 3 N–H and O–H groups in total. The Labute approximate surface area is 144 Å². The van der Waals surface area contributed by atoms with Gasteiger partial charge in [-0.25, -0.2) is 4.98 Å². The van der Waals surface area contributed by atoms with Gasteiger partial charge >= 0.3 is 0 Å². The standard InChI is InChI=1S/C19H28N4O/c1-5-6-11-15-22(4)17-16(23(15)12-19(2,3)24)13-9-7-8-10-14(13)21-18(17)20/h7-10,15,24H,5-6,11-12H2,1-4H3,(H2,20,21). The molecule has 0 amide bonds. The summed E-state index contributed by atoms with van der Waals surface area (Å²) in [7, 11) is 2.08. The molecular formula is C19H28N4O. The number of hydrogen-bond donors (Lipinski definition) is 2. The average Bonchev–Trinajstić information content (AvgIpc) is 2.77. The molecule has 0 radical (unpaired) electrons. The normalized spacial score (nSPS) is 17.6. The Morgan fingerprint density at radius 1 is 1.25 bits per heavy atom. The Bertz CT molecular complexity index is 738. The number of aliphatic hydroxyl groups is 1. The molecule has 1 aromatic carbocycles. The van der Waals surface area contributed by atoms with Crippen molar-refractivity contribution in [1.82, 2.24) is 4.98 Å². The summed E-state index contributed by atoms with van der Waals surface area (Å²) in [6, 6.07) is 8.10. The van der Waals surface area contributed by atoms with Crippen LogP contribution >= 0.6 is 0 Å². The first-order valence-electron chi connectivity index (χ1n) is 8.73. The van der Waals surface area contributed by atoms with Crippen molar-refractivity contribution < 1.29 is 5.11 Å². The number of pyridine rings is 1. The molecule has 1 aliphatic rings. The van der Waals surface area contributed by atoms with Gasteiger partial charge in [-0.15, -0.1) is 0 Å². The second-order valence-electron chi connectivity index (χ2n) is 7.39. The molecule has 1 unspecified atom stereocenters. The molecule has 1 atom stereocenters. The van der Waals surface area contributed by atoms with E-state index in [-0.39, 0.29) is 6.17 Å². The number of fused-ring (bicyclic) bond motifs is 3. The third-order valence-electron chi connectivity index (χ3n) is 4.69. The van der Waals surface area contributed by atoms with Gasteiger partial charge in [-0.2, -0.15) is 0 Å². The van der Waals surface area contributed by atoms with E-state index in [1.807, 2.05) is 32.0 Å². The van der Waals surface area contributed by atoms with E-state index in [1.165, 1.54) is 0 Å². The molecule has 3 rings (SSSR count). The lowest BCUT2D eigenvalue weighted by atomic mass is 10.1. The van der Waals surface area contributed by atoms with Crippen LogP contribution in [0.15, 0.2) is 24.3 Å². The summed E-state index contributed by atoms with van der Waals surface area (Å²) in [6.07, 6.45) is 3.51. The van der Waals surface area contributed by atoms with Crippen LogP contribution in [0.2, 0.25) is 0 Å². The summed E-state index contributed by atoms with van der Waals surface area (Å²) >= 11 is 0. The van der Waals surface area contributed by atoms with Gasteiger partial charge in [-0.3, -0.25) is 0 Å². The highest BCUT2D eigenvalue weighted by Gasteiger charge is 2.38. The SMILES string of the molecule is CCCCC1N(C)c2c(N)nc3ccccc3c2N1CC(C)(C)O. The topological polar surface area (TPSA) is 65.6 Å². The molecule has 130 valence electrons. The molecule has 0 fully saturated rings. The van der Waals surface area contributed by atoms with Crippen LogP contribution in [0.3, 0.4) is 0 Å². The van der Waals surface area contributed by atoms with E-state index < -0.39 is 5.60 Å². The van der Waals surface area contributed by atoms with Gasteiger partial charge in [0.15, 0.2) is 0 Å². The minimum atomic E-state index is -0.786. The summed E-state index contributed by atoms with van der Waals surface area (Å²) in [6.45, 7) is 6.48. The Balaban J connectivity index is 2.18. The first kappa shape index (κ1) is 16.8. The third-order valence-corrected chi connectivity index (χ3v) is 4.69. The van der Waals surface area contributed by atoms with Crippen molar-refractivity contribution in [1.29, 1.82) is 0 Å². The van der Waals surface area contributed by atoms with Crippen LogP contribution in [-0.2, 0) is 0 Å². The van der Waals surface area contributed by atoms with Crippen LogP contribution in [-0.4, -0.2) is 35.4 Å². The zero-order chi connectivity index (χ0) is 17.5. The van der Waals surface area contributed by atoms with E-state index >= 15 is 0 Å². The highest BCUT2D eigenvalue weighted by atomic mass is 16.3. The Morgan fingerprint density at radius 2 is 1.96 bits per heavy atom. The first-order valence-corrected chi connectivity index (χ1v) is 8.73. The van der Waals surface area contributed by atoms with Gasteiger partial charge in [0.05, 0.1) is 16.8 Å². The quantitative estimate of drug-likeness (QED) is 0.881. The van der Waals surface area contributed by atoms with Crippen molar-refractivity contribution in [2.75, 3.05) is 29.1 Å². The van der Waals surface area contributed by atoms with Crippen LogP contribution in [0.25, 0.3) is 10.9 Å². The van der Waals surface area contributed by atoms with E-state index in [4.69, 9.17) is 5.73 Å². The number of β-amino-alcohol motifs (C(OH)–C–C–N with tert-alkyl or cyclic N) is 1. The number of nitrogen functional groups attached to an aromatic ring is 1. The van der Waals surface area contributed by atoms with Gasteiger partial charge in [-0.1, -0.05) is 31.5 Å². The summed E-state index contributed by atoms with van der Waals surface area (Å²) in [4.78, 5) is 9.13. The van der Waals surface area contributed by atoms with Crippen LogP contribution in [0.4, 0.5) is 17.2 Å². The second-order valence-corrected chi connectivity index (χ2v) is 7.39. The molecule has 0 spiro atoms. The van der Waals surface area contributed by atoms with E-state index in [0.29, 0.717) is 12.4 Å².